The predicted molar refractivity (Wildman–Crippen MR) is 80.7 cm³/mol. The number of rotatable bonds is 2. The normalized spacial score (nSPS) is 29.9. The smallest absolute Gasteiger partial charge is 0.318 e. The summed E-state index contributed by atoms with van der Waals surface area (Å²) < 4.78 is 0. The average Bonchev–Trinajstić information content (AvgIpc) is 3.21. The zero-order valence-corrected chi connectivity index (χ0v) is 13.4. The van der Waals surface area contributed by atoms with E-state index in [1.807, 2.05) is 4.90 Å². The third kappa shape index (κ3) is 2.32. The fourth-order valence-electron chi connectivity index (χ4n) is 3.49. The second-order valence-electron chi connectivity index (χ2n) is 8.02. The molecule has 114 valence electrons. The molecule has 1 aliphatic carbocycles. The summed E-state index contributed by atoms with van der Waals surface area (Å²) in [5.41, 5.74) is 0.186. The first-order chi connectivity index (χ1) is 9.31. The molecule has 1 N–H and O–H groups in total. The second-order valence-corrected chi connectivity index (χ2v) is 8.02. The van der Waals surface area contributed by atoms with Crippen molar-refractivity contribution < 1.29 is 4.79 Å². The molecule has 4 nitrogen and oxygen atoms in total. The minimum atomic E-state index is -0.0359. The molecule has 0 atom stereocenters. The molecule has 0 aromatic heterocycles. The summed E-state index contributed by atoms with van der Waals surface area (Å²) >= 11 is 0. The number of hydrogen-bond acceptors (Lipinski definition) is 2. The molecular formula is C16H29N3O. The summed E-state index contributed by atoms with van der Waals surface area (Å²) in [6.45, 7) is 12.0. The van der Waals surface area contributed by atoms with Crippen molar-refractivity contribution in [2.24, 2.45) is 5.41 Å². The van der Waals surface area contributed by atoms with Gasteiger partial charge in [0.1, 0.15) is 0 Å². The molecule has 1 saturated carbocycles. The molecule has 4 heteroatoms. The first kappa shape index (κ1) is 14.2. The number of hydrogen-bond donors (Lipinski definition) is 1. The van der Waals surface area contributed by atoms with E-state index < -0.39 is 0 Å². The maximum Gasteiger partial charge on any atom is 0.318 e. The maximum atomic E-state index is 12.4. The van der Waals surface area contributed by atoms with Crippen molar-refractivity contribution in [1.82, 2.24) is 15.1 Å². The lowest BCUT2D eigenvalue weighted by molar-refractivity contribution is -0.0816. The molecule has 2 heterocycles. The van der Waals surface area contributed by atoms with Gasteiger partial charge in [-0.3, -0.25) is 0 Å². The quantitative estimate of drug-likeness (QED) is 0.843. The Hall–Kier alpha value is -0.770. The maximum absolute atomic E-state index is 12.4. The van der Waals surface area contributed by atoms with Gasteiger partial charge in [0.05, 0.1) is 0 Å². The van der Waals surface area contributed by atoms with Crippen LogP contribution in [0.2, 0.25) is 0 Å². The van der Waals surface area contributed by atoms with Crippen LogP contribution in [0.5, 0.6) is 0 Å². The summed E-state index contributed by atoms with van der Waals surface area (Å²) in [5.74, 6) is 0. The average molecular weight is 279 g/mol. The molecule has 0 spiro atoms. The van der Waals surface area contributed by atoms with Crippen molar-refractivity contribution in [3.05, 3.63) is 0 Å². The highest BCUT2D eigenvalue weighted by atomic mass is 16.2. The van der Waals surface area contributed by atoms with E-state index in [-0.39, 0.29) is 17.0 Å². The molecule has 2 aliphatic heterocycles. The van der Waals surface area contributed by atoms with Crippen molar-refractivity contribution in [2.75, 3.05) is 19.6 Å². The number of nitrogens with zero attached hydrogens (tertiary/aromatic N) is 2. The summed E-state index contributed by atoms with van der Waals surface area (Å²) in [5, 5.41) is 3.25. The zero-order chi connectivity index (χ0) is 14.5. The third-order valence-electron chi connectivity index (χ3n) is 6.05. The van der Waals surface area contributed by atoms with Crippen molar-refractivity contribution in [2.45, 2.75) is 71.0 Å². The van der Waals surface area contributed by atoms with Gasteiger partial charge in [-0.05, 0) is 39.5 Å². The van der Waals surface area contributed by atoms with E-state index in [0.717, 1.165) is 38.5 Å². The van der Waals surface area contributed by atoms with Crippen LogP contribution >= 0.6 is 0 Å². The molecule has 2 saturated heterocycles. The highest BCUT2D eigenvalue weighted by molar-refractivity contribution is 5.77. The minimum absolute atomic E-state index is 0.0359. The number of likely N-dealkylation sites (tertiary alicyclic amines) is 2. The Balaban J connectivity index is 1.48. The Morgan fingerprint density at radius 3 is 2.10 bits per heavy atom. The lowest BCUT2D eigenvalue weighted by Gasteiger charge is -2.61. The van der Waals surface area contributed by atoms with E-state index in [0.29, 0.717) is 6.04 Å². The van der Waals surface area contributed by atoms with Gasteiger partial charge in [-0.15, -0.1) is 0 Å². The Kier molecular flexibility index (Phi) is 3.27. The van der Waals surface area contributed by atoms with Gasteiger partial charge in [0.25, 0.3) is 0 Å². The summed E-state index contributed by atoms with van der Waals surface area (Å²) in [6.07, 6.45) is 4.99. The van der Waals surface area contributed by atoms with Crippen molar-refractivity contribution in [3.8, 4) is 0 Å². The minimum Gasteiger partial charge on any atom is -0.335 e. The van der Waals surface area contributed by atoms with E-state index in [9.17, 15) is 4.79 Å². The third-order valence-corrected chi connectivity index (χ3v) is 6.05. The highest BCUT2D eigenvalue weighted by Crippen LogP contribution is 2.46. The van der Waals surface area contributed by atoms with Crippen molar-refractivity contribution in [1.29, 1.82) is 0 Å². The first-order valence-electron chi connectivity index (χ1n) is 8.13. The van der Waals surface area contributed by atoms with E-state index in [1.165, 1.54) is 12.8 Å². The van der Waals surface area contributed by atoms with E-state index >= 15 is 0 Å². The van der Waals surface area contributed by atoms with Crippen LogP contribution in [0.15, 0.2) is 0 Å². The van der Waals surface area contributed by atoms with Gasteiger partial charge in [-0.1, -0.05) is 13.8 Å². The molecule has 20 heavy (non-hydrogen) atoms. The van der Waals surface area contributed by atoms with Crippen LogP contribution in [0, 0.1) is 5.41 Å². The number of urea groups is 1. The Bertz CT molecular complexity index is 393. The van der Waals surface area contributed by atoms with Gasteiger partial charge in [0, 0.05) is 42.7 Å². The number of piperidine rings is 1. The summed E-state index contributed by atoms with van der Waals surface area (Å²) in [4.78, 5) is 17.0. The van der Waals surface area contributed by atoms with Crippen molar-refractivity contribution >= 4 is 6.03 Å². The fourth-order valence-corrected chi connectivity index (χ4v) is 3.49. The van der Waals surface area contributed by atoms with Gasteiger partial charge in [0.2, 0.25) is 0 Å². The van der Waals surface area contributed by atoms with Crippen LogP contribution < -0.4 is 5.32 Å². The van der Waals surface area contributed by atoms with Crippen LogP contribution in [0.3, 0.4) is 0 Å². The SMILES string of the molecule is CC1(C)CN(C(=O)NC2CCN(C3CC3)CC2)C1(C)C. The molecule has 0 unspecified atom stereocenters. The topological polar surface area (TPSA) is 35.6 Å². The zero-order valence-electron chi connectivity index (χ0n) is 13.4. The molecule has 3 fully saturated rings. The second kappa shape index (κ2) is 4.62. The molecule has 0 aromatic rings. The van der Waals surface area contributed by atoms with Gasteiger partial charge < -0.3 is 15.1 Å². The number of carbonyl (C=O) groups excluding carboxylic acids is 1. The lowest BCUT2D eigenvalue weighted by atomic mass is 9.65. The van der Waals surface area contributed by atoms with Crippen LogP contribution in [0.25, 0.3) is 0 Å². The summed E-state index contributed by atoms with van der Waals surface area (Å²) in [7, 11) is 0. The molecule has 0 bridgehead atoms. The van der Waals surface area contributed by atoms with Gasteiger partial charge >= 0.3 is 6.03 Å². The largest absolute Gasteiger partial charge is 0.335 e. The Morgan fingerprint density at radius 2 is 1.65 bits per heavy atom. The standard InChI is InChI=1S/C16H29N3O/c1-15(2)11-19(16(15,3)4)14(20)17-12-7-9-18(10-8-12)13-5-6-13/h12-13H,5-11H2,1-4H3,(H,17,20). The first-order valence-corrected chi connectivity index (χ1v) is 8.13. The van der Waals surface area contributed by atoms with Gasteiger partial charge in [-0.25, -0.2) is 4.79 Å². The van der Waals surface area contributed by atoms with Crippen LogP contribution in [0.4, 0.5) is 4.79 Å². The molecular weight excluding hydrogens is 250 g/mol. The number of amides is 2. The van der Waals surface area contributed by atoms with Gasteiger partial charge in [0.15, 0.2) is 0 Å². The fraction of sp³-hybridized carbons (Fsp3) is 0.938. The van der Waals surface area contributed by atoms with Gasteiger partial charge in [-0.2, -0.15) is 0 Å². The van der Waals surface area contributed by atoms with E-state index in [4.69, 9.17) is 0 Å². The van der Waals surface area contributed by atoms with E-state index in [2.05, 4.69) is 37.9 Å². The van der Waals surface area contributed by atoms with Crippen LogP contribution in [0.1, 0.15) is 53.4 Å². The molecule has 3 rings (SSSR count). The lowest BCUT2D eigenvalue weighted by Crippen LogP contribution is -2.72. The number of nitrogens with one attached hydrogen (secondary N) is 1. The van der Waals surface area contributed by atoms with Crippen LogP contribution in [-0.4, -0.2) is 53.1 Å². The highest BCUT2D eigenvalue weighted by Gasteiger charge is 2.54. The monoisotopic (exact) mass is 279 g/mol. The molecule has 0 radical (unpaired) electrons. The van der Waals surface area contributed by atoms with Crippen LogP contribution in [-0.2, 0) is 0 Å². The Labute approximate surface area is 122 Å². The number of carbonyl (C=O) groups is 1. The van der Waals surface area contributed by atoms with E-state index in [1.54, 1.807) is 0 Å². The molecule has 3 aliphatic rings. The molecule has 2 amide bonds. The predicted octanol–water partition coefficient (Wildman–Crippen LogP) is 2.44. The molecule has 0 aromatic carbocycles. The Morgan fingerprint density at radius 1 is 1.05 bits per heavy atom. The van der Waals surface area contributed by atoms with Crippen molar-refractivity contribution in [3.63, 3.8) is 0 Å². The summed E-state index contributed by atoms with van der Waals surface area (Å²) in [6, 6.07) is 1.37.